The molecule has 0 aromatic heterocycles. The van der Waals surface area contributed by atoms with Gasteiger partial charge in [0.15, 0.2) is 6.61 Å². The Kier molecular flexibility index (Phi) is 8.91. The van der Waals surface area contributed by atoms with Crippen molar-refractivity contribution in [3.05, 3.63) is 83.9 Å². The highest BCUT2D eigenvalue weighted by Gasteiger charge is 2.22. The molecule has 0 radical (unpaired) electrons. The molecular weight excluding hydrogens is 484 g/mol. The number of benzene rings is 3. The second-order valence-electron chi connectivity index (χ2n) is 8.05. The molecular formula is C26H28N2O7S. The highest BCUT2D eigenvalue weighted by molar-refractivity contribution is 7.92. The first-order valence-corrected chi connectivity index (χ1v) is 12.7. The summed E-state index contributed by atoms with van der Waals surface area (Å²) in [5, 5.41) is 12.8. The number of para-hydroxylation sites is 2. The number of sulfonamides is 1. The number of esters is 1. The van der Waals surface area contributed by atoms with Gasteiger partial charge in [0, 0.05) is 6.04 Å². The number of carbonyl (C=O) groups excluding carboxylic acids is 2. The molecule has 1 unspecified atom stereocenters. The van der Waals surface area contributed by atoms with E-state index in [0.717, 1.165) is 30.2 Å². The molecule has 3 aromatic carbocycles. The molecule has 0 heterocycles. The molecule has 0 saturated heterocycles. The molecule has 190 valence electrons. The first-order valence-electron chi connectivity index (χ1n) is 11.2. The first kappa shape index (κ1) is 26.6. The van der Waals surface area contributed by atoms with Crippen LogP contribution in [0.25, 0.3) is 0 Å². The number of nitrogens with one attached hydrogen (secondary N) is 2. The molecule has 0 aliphatic carbocycles. The van der Waals surface area contributed by atoms with Gasteiger partial charge in [-0.15, -0.1) is 0 Å². The molecule has 0 saturated carbocycles. The number of anilines is 1. The van der Waals surface area contributed by atoms with Crippen molar-refractivity contribution in [2.75, 3.05) is 18.4 Å². The van der Waals surface area contributed by atoms with Crippen molar-refractivity contribution in [1.29, 1.82) is 0 Å². The van der Waals surface area contributed by atoms with Crippen LogP contribution in [0.3, 0.4) is 0 Å². The molecule has 0 spiro atoms. The van der Waals surface area contributed by atoms with Crippen LogP contribution in [0.2, 0.25) is 0 Å². The third-order valence-electron chi connectivity index (χ3n) is 5.30. The van der Waals surface area contributed by atoms with Crippen molar-refractivity contribution in [2.24, 2.45) is 0 Å². The van der Waals surface area contributed by atoms with Gasteiger partial charge in [-0.1, -0.05) is 42.5 Å². The minimum atomic E-state index is -4.12. The number of rotatable bonds is 11. The molecule has 36 heavy (non-hydrogen) atoms. The van der Waals surface area contributed by atoms with E-state index in [9.17, 15) is 23.1 Å². The van der Waals surface area contributed by atoms with Crippen LogP contribution in [-0.2, 0) is 26.0 Å². The highest BCUT2D eigenvalue weighted by atomic mass is 32.2. The molecule has 0 bridgehead atoms. The van der Waals surface area contributed by atoms with Gasteiger partial charge in [0.25, 0.3) is 15.9 Å². The fourth-order valence-electron chi connectivity index (χ4n) is 3.40. The maximum atomic E-state index is 12.8. The average molecular weight is 513 g/mol. The predicted molar refractivity (Wildman–Crippen MR) is 135 cm³/mol. The summed E-state index contributed by atoms with van der Waals surface area (Å²) in [4.78, 5) is 24.4. The van der Waals surface area contributed by atoms with Crippen molar-refractivity contribution in [3.8, 4) is 11.5 Å². The van der Waals surface area contributed by atoms with Gasteiger partial charge in [-0.3, -0.25) is 9.52 Å². The molecule has 3 aromatic rings. The van der Waals surface area contributed by atoms with Crippen LogP contribution in [0.5, 0.6) is 11.5 Å². The van der Waals surface area contributed by atoms with Crippen LogP contribution < -0.4 is 14.8 Å². The second-order valence-corrected chi connectivity index (χ2v) is 9.74. The molecule has 0 aliphatic heterocycles. The van der Waals surface area contributed by atoms with E-state index >= 15 is 0 Å². The van der Waals surface area contributed by atoms with Crippen LogP contribution in [0, 0.1) is 0 Å². The van der Waals surface area contributed by atoms with Crippen molar-refractivity contribution in [2.45, 2.75) is 30.7 Å². The van der Waals surface area contributed by atoms with Crippen molar-refractivity contribution < 1.29 is 32.6 Å². The lowest BCUT2D eigenvalue weighted by atomic mass is 10.1. The van der Waals surface area contributed by atoms with Gasteiger partial charge in [0.2, 0.25) is 0 Å². The maximum absolute atomic E-state index is 12.8. The lowest BCUT2D eigenvalue weighted by Crippen LogP contribution is -2.36. The van der Waals surface area contributed by atoms with Gasteiger partial charge in [-0.25, -0.2) is 13.2 Å². The van der Waals surface area contributed by atoms with Crippen LogP contribution in [0.4, 0.5) is 5.69 Å². The van der Waals surface area contributed by atoms with Gasteiger partial charge in [-0.05, 0) is 55.7 Å². The summed E-state index contributed by atoms with van der Waals surface area (Å²) in [5.74, 6) is -1.71. The second kappa shape index (κ2) is 12.1. The Labute approximate surface area is 210 Å². The monoisotopic (exact) mass is 512 g/mol. The fraction of sp³-hybridized carbons (Fsp3) is 0.231. The lowest BCUT2D eigenvalue weighted by molar-refractivity contribution is -0.124. The lowest BCUT2D eigenvalue weighted by Gasteiger charge is -2.14. The van der Waals surface area contributed by atoms with E-state index < -0.39 is 34.3 Å². The molecule has 1 amide bonds. The number of amides is 1. The number of phenols is 1. The van der Waals surface area contributed by atoms with Gasteiger partial charge in [0.05, 0.1) is 17.7 Å². The number of ether oxygens (including phenoxy) is 2. The Morgan fingerprint density at radius 1 is 1.00 bits per heavy atom. The van der Waals surface area contributed by atoms with Gasteiger partial charge < -0.3 is 19.9 Å². The molecule has 0 fully saturated rings. The normalized spacial score (nSPS) is 11.8. The minimum Gasteiger partial charge on any atom is -0.507 e. The Hall–Kier alpha value is -4.05. The van der Waals surface area contributed by atoms with Crippen molar-refractivity contribution in [1.82, 2.24) is 5.32 Å². The molecule has 9 nitrogen and oxygen atoms in total. The summed E-state index contributed by atoms with van der Waals surface area (Å²) < 4.78 is 38.2. The Morgan fingerprint density at radius 2 is 1.69 bits per heavy atom. The largest absolute Gasteiger partial charge is 0.507 e. The smallest absolute Gasteiger partial charge is 0.342 e. The van der Waals surface area contributed by atoms with E-state index in [4.69, 9.17) is 9.47 Å². The minimum absolute atomic E-state index is 0.153. The summed E-state index contributed by atoms with van der Waals surface area (Å²) >= 11 is 0. The predicted octanol–water partition coefficient (Wildman–Crippen LogP) is 3.50. The van der Waals surface area contributed by atoms with E-state index in [1.165, 1.54) is 13.2 Å². The maximum Gasteiger partial charge on any atom is 0.342 e. The summed E-state index contributed by atoms with van der Waals surface area (Å²) in [6.45, 7) is 1.27. The number of aromatic hydroxyl groups is 1. The summed E-state index contributed by atoms with van der Waals surface area (Å²) in [6, 6.07) is 19.3. The number of hydrogen-bond acceptors (Lipinski definition) is 7. The zero-order valence-electron chi connectivity index (χ0n) is 19.9. The van der Waals surface area contributed by atoms with E-state index in [1.807, 2.05) is 37.3 Å². The quantitative estimate of drug-likeness (QED) is 0.335. The average Bonchev–Trinajstić information content (AvgIpc) is 2.87. The van der Waals surface area contributed by atoms with E-state index in [0.29, 0.717) is 12.2 Å². The topological polar surface area (TPSA) is 131 Å². The molecule has 0 aliphatic rings. The van der Waals surface area contributed by atoms with Crippen molar-refractivity contribution in [3.63, 3.8) is 0 Å². The van der Waals surface area contributed by atoms with Gasteiger partial charge in [-0.2, -0.15) is 0 Å². The SMILES string of the molecule is COc1ccccc1NS(=O)(=O)c1ccc(O)c(C(=O)OCC(=O)NC(C)CCc2ccccc2)c1. The number of aryl methyl sites for hydroxylation is 1. The summed E-state index contributed by atoms with van der Waals surface area (Å²) in [6.07, 6.45) is 1.48. The Balaban J connectivity index is 1.60. The highest BCUT2D eigenvalue weighted by Crippen LogP contribution is 2.28. The fourth-order valence-corrected chi connectivity index (χ4v) is 4.50. The Bertz CT molecular complexity index is 1310. The molecule has 10 heteroatoms. The van der Waals surface area contributed by atoms with Crippen LogP contribution in [-0.4, -0.2) is 45.2 Å². The third kappa shape index (κ3) is 7.22. The van der Waals surface area contributed by atoms with Gasteiger partial charge >= 0.3 is 5.97 Å². The summed E-state index contributed by atoms with van der Waals surface area (Å²) in [5.41, 5.74) is 0.966. The molecule has 3 rings (SSSR count). The summed E-state index contributed by atoms with van der Waals surface area (Å²) in [7, 11) is -2.72. The van der Waals surface area contributed by atoms with Crippen LogP contribution in [0.15, 0.2) is 77.7 Å². The van der Waals surface area contributed by atoms with E-state index in [1.54, 1.807) is 18.2 Å². The standard InChI is InChI=1S/C26H28N2O7S/c1-18(12-13-19-8-4-3-5-9-19)27-25(30)17-35-26(31)21-16-20(14-15-23(21)29)36(32,33)28-22-10-6-7-11-24(22)34-2/h3-11,14-16,18,28-29H,12-13,17H2,1-2H3,(H,27,30). The zero-order valence-corrected chi connectivity index (χ0v) is 20.7. The zero-order chi connectivity index (χ0) is 26.1. The molecule has 3 N–H and O–H groups in total. The number of hydrogen-bond donors (Lipinski definition) is 3. The number of phenolic OH excluding ortho intramolecular Hbond substituents is 1. The van der Waals surface area contributed by atoms with Crippen LogP contribution >= 0.6 is 0 Å². The Morgan fingerprint density at radius 3 is 2.42 bits per heavy atom. The van der Waals surface area contributed by atoms with Gasteiger partial charge in [0.1, 0.15) is 17.1 Å². The van der Waals surface area contributed by atoms with Crippen LogP contribution in [0.1, 0.15) is 29.3 Å². The van der Waals surface area contributed by atoms with E-state index in [2.05, 4.69) is 10.0 Å². The number of carbonyl (C=O) groups is 2. The molecule has 1 atom stereocenters. The first-order chi connectivity index (χ1) is 17.2. The van der Waals surface area contributed by atoms with Crippen molar-refractivity contribution >= 4 is 27.6 Å². The van der Waals surface area contributed by atoms with E-state index in [-0.39, 0.29) is 22.2 Å². The number of methoxy groups -OCH3 is 1. The third-order valence-corrected chi connectivity index (χ3v) is 6.66.